The van der Waals surface area contributed by atoms with E-state index in [1.807, 2.05) is 5.38 Å². The smallest absolute Gasteiger partial charge is 0.269 e. The lowest BCUT2D eigenvalue weighted by Crippen LogP contribution is -2.41. The number of rotatable bonds is 4. The molecular formula is C18H14N4O3S. The topological polar surface area (TPSA) is 100 Å². The van der Waals surface area contributed by atoms with Crippen LogP contribution < -0.4 is 16.2 Å². The van der Waals surface area contributed by atoms with Crippen LogP contribution in [0.2, 0.25) is 0 Å². The fraction of sp³-hybridized carbons (Fsp3) is 0. The summed E-state index contributed by atoms with van der Waals surface area (Å²) in [7, 11) is 0. The van der Waals surface area contributed by atoms with Crippen LogP contribution in [0.4, 0.5) is 5.69 Å². The number of amides is 3. The van der Waals surface area contributed by atoms with Gasteiger partial charge in [0.05, 0.1) is 4.88 Å². The molecule has 0 atom stereocenters. The Morgan fingerprint density at radius 3 is 1.96 bits per heavy atom. The van der Waals surface area contributed by atoms with Crippen LogP contribution in [0.15, 0.2) is 66.3 Å². The van der Waals surface area contributed by atoms with Crippen molar-refractivity contribution in [2.24, 2.45) is 0 Å². The fourth-order valence-corrected chi connectivity index (χ4v) is 2.69. The number of hydrazine groups is 1. The molecule has 0 unspecified atom stereocenters. The molecule has 2 heterocycles. The second-order valence-electron chi connectivity index (χ2n) is 5.15. The normalized spacial score (nSPS) is 10.0. The third-order valence-electron chi connectivity index (χ3n) is 3.38. The van der Waals surface area contributed by atoms with Crippen LogP contribution in [0.5, 0.6) is 0 Å². The molecule has 0 radical (unpaired) electrons. The Kier molecular flexibility index (Phi) is 5.35. The predicted octanol–water partition coefficient (Wildman–Crippen LogP) is 2.47. The minimum Gasteiger partial charge on any atom is -0.321 e. The Hall–Kier alpha value is -3.52. The molecule has 0 saturated heterocycles. The highest BCUT2D eigenvalue weighted by molar-refractivity contribution is 7.12. The van der Waals surface area contributed by atoms with Crippen molar-refractivity contribution < 1.29 is 14.4 Å². The van der Waals surface area contributed by atoms with E-state index in [2.05, 4.69) is 21.2 Å². The van der Waals surface area contributed by atoms with Crippen molar-refractivity contribution in [2.45, 2.75) is 0 Å². The summed E-state index contributed by atoms with van der Waals surface area (Å²) < 4.78 is 0. The van der Waals surface area contributed by atoms with Crippen LogP contribution in [0.1, 0.15) is 30.4 Å². The summed E-state index contributed by atoms with van der Waals surface area (Å²) in [6.07, 6.45) is 2.97. The lowest BCUT2D eigenvalue weighted by Gasteiger charge is -2.08. The molecular weight excluding hydrogens is 352 g/mol. The van der Waals surface area contributed by atoms with Crippen LogP contribution in [0.3, 0.4) is 0 Å². The number of nitrogens with zero attached hydrogens (tertiary/aromatic N) is 1. The molecule has 0 bridgehead atoms. The number of thiophene rings is 1. The minimum absolute atomic E-state index is 0.207. The summed E-state index contributed by atoms with van der Waals surface area (Å²) >= 11 is 1.35. The van der Waals surface area contributed by atoms with Gasteiger partial charge in [0.1, 0.15) is 0 Å². The molecule has 0 spiro atoms. The van der Waals surface area contributed by atoms with Gasteiger partial charge in [-0.1, -0.05) is 6.07 Å². The van der Waals surface area contributed by atoms with Crippen molar-refractivity contribution in [3.8, 4) is 0 Å². The van der Waals surface area contributed by atoms with E-state index < -0.39 is 11.8 Å². The zero-order valence-corrected chi connectivity index (χ0v) is 14.2. The van der Waals surface area contributed by atoms with Crippen LogP contribution in [0.25, 0.3) is 0 Å². The first kappa shape index (κ1) is 17.3. The molecule has 0 fully saturated rings. The van der Waals surface area contributed by atoms with Gasteiger partial charge in [-0.05, 0) is 47.8 Å². The number of hydrogen-bond donors (Lipinski definition) is 3. The summed E-state index contributed by atoms with van der Waals surface area (Å²) in [5, 5.41) is 4.57. The number of anilines is 1. The van der Waals surface area contributed by atoms with E-state index in [0.717, 1.165) is 0 Å². The Labute approximate surface area is 153 Å². The molecule has 3 N–H and O–H groups in total. The van der Waals surface area contributed by atoms with Crippen molar-refractivity contribution in [1.29, 1.82) is 0 Å². The van der Waals surface area contributed by atoms with Crippen molar-refractivity contribution in [3.05, 3.63) is 82.3 Å². The molecule has 26 heavy (non-hydrogen) atoms. The molecule has 3 aromatic rings. The van der Waals surface area contributed by atoms with Gasteiger partial charge in [0, 0.05) is 29.2 Å². The third-order valence-corrected chi connectivity index (χ3v) is 4.25. The molecule has 0 aliphatic heterocycles. The van der Waals surface area contributed by atoms with Crippen molar-refractivity contribution >= 4 is 34.7 Å². The largest absolute Gasteiger partial charge is 0.321 e. The van der Waals surface area contributed by atoms with Crippen LogP contribution in [0, 0.1) is 0 Å². The lowest BCUT2D eigenvalue weighted by atomic mass is 10.2. The van der Waals surface area contributed by atoms with E-state index in [4.69, 9.17) is 0 Å². The molecule has 130 valence electrons. The maximum Gasteiger partial charge on any atom is 0.269 e. The van der Waals surface area contributed by atoms with Crippen LogP contribution in [-0.2, 0) is 0 Å². The first-order valence-corrected chi connectivity index (χ1v) is 8.47. The van der Waals surface area contributed by atoms with Gasteiger partial charge in [0.15, 0.2) is 0 Å². The van der Waals surface area contributed by atoms with Gasteiger partial charge in [-0.3, -0.25) is 30.2 Å². The molecule has 1 aromatic carbocycles. The number of carbonyl (C=O) groups excluding carboxylic acids is 3. The monoisotopic (exact) mass is 366 g/mol. The lowest BCUT2D eigenvalue weighted by molar-refractivity contribution is 0.0846. The summed E-state index contributed by atoms with van der Waals surface area (Å²) in [6.45, 7) is 0. The summed E-state index contributed by atoms with van der Waals surface area (Å²) in [4.78, 5) is 40.3. The Bertz CT molecular complexity index is 909. The summed E-state index contributed by atoms with van der Waals surface area (Å²) in [5.41, 5.74) is 5.96. The zero-order chi connectivity index (χ0) is 18.4. The minimum atomic E-state index is -0.469. The Morgan fingerprint density at radius 2 is 1.38 bits per heavy atom. The molecule has 7 nitrogen and oxygen atoms in total. The van der Waals surface area contributed by atoms with Gasteiger partial charge < -0.3 is 5.32 Å². The van der Waals surface area contributed by atoms with Crippen molar-refractivity contribution in [1.82, 2.24) is 15.8 Å². The Morgan fingerprint density at radius 1 is 0.769 bits per heavy atom. The van der Waals surface area contributed by atoms with E-state index in [1.165, 1.54) is 35.9 Å². The van der Waals surface area contributed by atoms with Gasteiger partial charge in [0.2, 0.25) is 0 Å². The zero-order valence-electron chi connectivity index (χ0n) is 13.4. The molecule has 8 heteroatoms. The number of aromatic nitrogens is 1. The molecule has 3 amide bonds. The first-order valence-electron chi connectivity index (χ1n) is 7.59. The maximum absolute atomic E-state index is 12.1. The number of carbonyl (C=O) groups is 3. The number of pyridine rings is 1. The average molecular weight is 366 g/mol. The highest BCUT2D eigenvalue weighted by Crippen LogP contribution is 2.14. The van der Waals surface area contributed by atoms with E-state index in [1.54, 1.807) is 36.4 Å². The van der Waals surface area contributed by atoms with Gasteiger partial charge in [0.25, 0.3) is 17.7 Å². The first-order chi connectivity index (χ1) is 12.6. The van der Waals surface area contributed by atoms with Crippen LogP contribution in [-0.4, -0.2) is 22.7 Å². The van der Waals surface area contributed by atoms with Crippen molar-refractivity contribution in [3.63, 3.8) is 0 Å². The molecule has 2 aromatic heterocycles. The average Bonchev–Trinajstić information content (AvgIpc) is 3.22. The molecule has 0 aliphatic carbocycles. The van der Waals surface area contributed by atoms with Gasteiger partial charge in [-0.25, -0.2) is 0 Å². The number of hydrogen-bond acceptors (Lipinski definition) is 5. The fourth-order valence-electron chi connectivity index (χ4n) is 2.07. The third kappa shape index (κ3) is 4.31. The molecule has 0 saturated carbocycles. The van der Waals surface area contributed by atoms with Gasteiger partial charge in [-0.2, -0.15) is 0 Å². The highest BCUT2D eigenvalue weighted by atomic mass is 32.1. The number of nitrogens with one attached hydrogen (secondary N) is 3. The Balaban J connectivity index is 1.55. The molecule has 3 rings (SSSR count). The molecule has 0 aliphatic rings. The summed E-state index contributed by atoms with van der Waals surface area (Å²) in [6, 6.07) is 12.9. The van der Waals surface area contributed by atoms with Gasteiger partial charge >= 0.3 is 0 Å². The number of benzene rings is 1. The maximum atomic E-state index is 12.1. The second-order valence-corrected chi connectivity index (χ2v) is 6.10. The van der Waals surface area contributed by atoms with E-state index in [9.17, 15) is 14.4 Å². The standard InChI is InChI=1S/C18H14N4O3S/c23-16(21-22-17(24)13-7-9-19-10-8-13)12-3-5-14(6-4-12)20-18(25)15-2-1-11-26-15/h1-11H,(H,20,25)(H,21,23)(H,22,24). The summed E-state index contributed by atoms with van der Waals surface area (Å²) in [5.74, 6) is -1.12. The van der Waals surface area contributed by atoms with E-state index in [0.29, 0.717) is 21.7 Å². The van der Waals surface area contributed by atoms with Crippen molar-refractivity contribution in [2.75, 3.05) is 5.32 Å². The SMILES string of the molecule is O=C(NNC(=O)c1ccc(NC(=O)c2cccs2)cc1)c1ccncc1. The quantitative estimate of drug-likeness (QED) is 0.618. The predicted molar refractivity (Wildman–Crippen MR) is 97.9 cm³/mol. The second kappa shape index (κ2) is 8.04. The highest BCUT2D eigenvalue weighted by Gasteiger charge is 2.10. The van der Waals surface area contributed by atoms with E-state index >= 15 is 0 Å². The van der Waals surface area contributed by atoms with Gasteiger partial charge in [-0.15, -0.1) is 11.3 Å². The van der Waals surface area contributed by atoms with E-state index in [-0.39, 0.29) is 5.91 Å². The van der Waals surface area contributed by atoms with Crippen LogP contribution >= 0.6 is 11.3 Å².